The van der Waals surface area contributed by atoms with Gasteiger partial charge in [-0.25, -0.2) is 23.7 Å². The van der Waals surface area contributed by atoms with Crippen molar-refractivity contribution >= 4 is 28.9 Å². The molecule has 2 heterocycles. The molecule has 3 rings (SSSR count). The van der Waals surface area contributed by atoms with Crippen molar-refractivity contribution < 1.29 is 8.78 Å². The minimum absolute atomic E-state index is 0.0794. The number of hydrogen-bond donors (Lipinski definition) is 3. The van der Waals surface area contributed by atoms with Gasteiger partial charge in [-0.15, -0.1) is 0 Å². The second kappa shape index (κ2) is 13.5. The first-order chi connectivity index (χ1) is 18.6. The molecule has 2 aromatic heterocycles. The summed E-state index contributed by atoms with van der Waals surface area (Å²) < 4.78 is 27.8. The third-order valence-electron chi connectivity index (χ3n) is 6.74. The lowest BCUT2D eigenvalue weighted by atomic mass is 10.0. The van der Waals surface area contributed by atoms with Gasteiger partial charge in [0, 0.05) is 37.0 Å². The van der Waals surface area contributed by atoms with Gasteiger partial charge in [-0.3, -0.25) is 0 Å². The van der Waals surface area contributed by atoms with Gasteiger partial charge in [0.2, 0.25) is 0 Å². The molecule has 7 nitrogen and oxygen atoms in total. The number of rotatable bonds is 12. The van der Waals surface area contributed by atoms with Gasteiger partial charge in [-0.05, 0) is 63.1 Å². The summed E-state index contributed by atoms with van der Waals surface area (Å²) in [6, 6.07) is 0.921. The maximum Gasteiger partial charge on any atom is 0.168 e. The monoisotopic (exact) mass is 537 g/mol. The lowest BCUT2D eigenvalue weighted by Crippen LogP contribution is -2.39. The summed E-state index contributed by atoms with van der Waals surface area (Å²) in [4.78, 5) is 15.6. The van der Waals surface area contributed by atoms with Gasteiger partial charge >= 0.3 is 0 Å². The standard InChI is InChI=1S/C30H41F2N7/c1-8-19(15-26(39(6)7)37-29-23(32)16-21(31)17-34-29)28-35-24(10-3)27(22(9-2)20-11-12-20)30(38-28)36-25(13-14-33)18(4)5/h8-10,15-18,20,25H,2,11-14,33H2,1,3-7H3,(H,34,37)(H,35,36,38)/b19-8+,24-10+,26-15-,27-22-/t25-/m0/s1. The molecule has 0 saturated heterocycles. The fourth-order valence-corrected chi connectivity index (χ4v) is 4.33. The Bertz CT molecular complexity index is 1360. The minimum Gasteiger partial charge on any atom is -0.366 e. The van der Waals surface area contributed by atoms with Gasteiger partial charge in [0.15, 0.2) is 17.5 Å². The first-order valence-corrected chi connectivity index (χ1v) is 13.4. The Kier molecular flexibility index (Phi) is 10.3. The summed E-state index contributed by atoms with van der Waals surface area (Å²) >= 11 is 0. The van der Waals surface area contributed by atoms with Crippen LogP contribution in [0.5, 0.6) is 0 Å². The SMILES string of the molecule is C=C/C(=c1/c(N[C@@H](CCN)C(C)C)nc(C(/C=C(/Nc2ncc(F)cc2F)N(C)C)=C/C)n/c1=C/C)C1CC1. The number of anilines is 2. The topological polar surface area (TPSA) is 92.0 Å². The van der Waals surface area contributed by atoms with E-state index in [1.54, 1.807) is 4.90 Å². The summed E-state index contributed by atoms with van der Waals surface area (Å²) in [7, 11) is 3.63. The molecule has 210 valence electrons. The van der Waals surface area contributed by atoms with Crippen molar-refractivity contribution in [3.8, 4) is 0 Å². The summed E-state index contributed by atoms with van der Waals surface area (Å²) in [5, 5.41) is 8.43. The molecule has 0 amide bonds. The molecule has 39 heavy (non-hydrogen) atoms. The molecule has 1 aliphatic rings. The normalized spacial score (nSPS) is 16.3. The Morgan fingerprint density at radius 1 is 1.21 bits per heavy atom. The molecule has 2 aromatic rings. The Morgan fingerprint density at radius 2 is 1.92 bits per heavy atom. The van der Waals surface area contributed by atoms with Crippen molar-refractivity contribution in [1.29, 1.82) is 0 Å². The average Bonchev–Trinajstić information content (AvgIpc) is 3.73. The van der Waals surface area contributed by atoms with Crippen LogP contribution in [0.25, 0.3) is 17.2 Å². The summed E-state index contributed by atoms with van der Waals surface area (Å²) in [6.07, 6.45) is 11.7. The Balaban J connectivity index is 2.19. The lowest BCUT2D eigenvalue weighted by molar-refractivity contribution is 0.497. The molecule has 0 bridgehead atoms. The van der Waals surface area contributed by atoms with E-state index in [9.17, 15) is 8.78 Å². The number of halogens is 2. The van der Waals surface area contributed by atoms with E-state index in [2.05, 4.69) is 36.0 Å². The van der Waals surface area contributed by atoms with Crippen molar-refractivity contribution in [1.82, 2.24) is 19.9 Å². The lowest BCUT2D eigenvalue weighted by Gasteiger charge is -2.24. The summed E-state index contributed by atoms with van der Waals surface area (Å²) in [6.45, 7) is 12.9. The predicted octanol–water partition coefficient (Wildman–Crippen LogP) is 4.40. The second-order valence-corrected chi connectivity index (χ2v) is 10.2. The molecule has 0 radical (unpaired) electrons. The van der Waals surface area contributed by atoms with Gasteiger partial charge in [-0.1, -0.05) is 38.7 Å². The Morgan fingerprint density at radius 3 is 2.44 bits per heavy atom. The number of pyridine rings is 1. The maximum absolute atomic E-state index is 14.4. The second-order valence-electron chi connectivity index (χ2n) is 10.2. The van der Waals surface area contributed by atoms with E-state index in [0.29, 0.717) is 30.0 Å². The molecule has 1 saturated carbocycles. The zero-order valence-corrected chi connectivity index (χ0v) is 23.9. The summed E-state index contributed by atoms with van der Waals surface area (Å²) in [5.41, 5.74) is 7.81. The quantitative estimate of drug-likeness (QED) is 0.346. The number of nitrogens with zero attached hydrogens (tertiary/aromatic N) is 4. The maximum atomic E-state index is 14.4. The van der Waals surface area contributed by atoms with Crippen LogP contribution in [0.15, 0.2) is 42.9 Å². The molecule has 0 aromatic carbocycles. The van der Waals surface area contributed by atoms with Crippen LogP contribution in [0.4, 0.5) is 20.4 Å². The van der Waals surface area contributed by atoms with Crippen LogP contribution < -0.4 is 26.9 Å². The van der Waals surface area contributed by atoms with Crippen LogP contribution in [-0.4, -0.2) is 46.5 Å². The number of allylic oxidation sites excluding steroid dienone is 4. The predicted molar refractivity (Wildman–Crippen MR) is 157 cm³/mol. The number of hydrogen-bond acceptors (Lipinski definition) is 7. The molecule has 0 unspecified atom stereocenters. The highest BCUT2D eigenvalue weighted by Crippen LogP contribution is 2.37. The fraction of sp³-hybridized carbons (Fsp3) is 0.433. The number of aromatic nitrogens is 3. The van der Waals surface area contributed by atoms with E-state index < -0.39 is 11.6 Å². The van der Waals surface area contributed by atoms with Gasteiger partial charge in [0.05, 0.1) is 11.5 Å². The first-order valence-electron chi connectivity index (χ1n) is 13.4. The van der Waals surface area contributed by atoms with Gasteiger partial charge < -0.3 is 21.3 Å². The van der Waals surface area contributed by atoms with Crippen molar-refractivity contribution in [2.45, 2.75) is 53.0 Å². The van der Waals surface area contributed by atoms with E-state index in [1.807, 2.05) is 52.2 Å². The van der Waals surface area contributed by atoms with Crippen molar-refractivity contribution in [2.75, 3.05) is 31.3 Å². The van der Waals surface area contributed by atoms with Crippen LogP contribution >= 0.6 is 0 Å². The van der Waals surface area contributed by atoms with E-state index >= 15 is 0 Å². The van der Waals surface area contributed by atoms with Crippen LogP contribution in [0.3, 0.4) is 0 Å². The number of nitrogens with two attached hydrogens (primary N) is 1. The highest BCUT2D eigenvalue weighted by atomic mass is 19.1. The van der Waals surface area contributed by atoms with Crippen molar-refractivity contribution in [3.63, 3.8) is 0 Å². The largest absolute Gasteiger partial charge is 0.366 e. The van der Waals surface area contributed by atoms with Gasteiger partial charge in [0.25, 0.3) is 0 Å². The number of nitrogens with one attached hydrogen (secondary N) is 2. The molecule has 4 N–H and O–H groups in total. The highest BCUT2D eigenvalue weighted by Gasteiger charge is 2.27. The van der Waals surface area contributed by atoms with Crippen LogP contribution in [0.2, 0.25) is 0 Å². The Hall–Kier alpha value is -3.59. The molecule has 1 fully saturated rings. The van der Waals surface area contributed by atoms with Crippen molar-refractivity contribution in [2.24, 2.45) is 17.6 Å². The zero-order valence-electron chi connectivity index (χ0n) is 23.9. The zero-order chi connectivity index (χ0) is 28.7. The molecule has 0 aliphatic heterocycles. The highest BCUT2D eigenvalue weighted by molar-refractivity contribution is 5.73. The Labute approximate surface area is 230 Å². The molecule has 0 spiro atoms. The third-order valence-corrected chi connectivity index (χ3v) is 6.74. The minimum atomic E-state index is -0.785. The molecule has 1 atom stereocenters. The van der Waals surface area contributed by atoms with Crippen LogP contribution in [0.1, 0.15) is 52.8 Å². The molecule has 1 aliphatic carbocycles. The molecular formula is C30H41F2N7. The van der Waals surface area contributed by atoms with Gasteiger partial charge in [0.1, 0.15) is 17.5 Å². The van der Waals surface area contributed by atoms with E-state index in [4.69, 9.17) is 15.7 Å². The average molecular weight is 538 g/mol. The first kappa shape index (κ1) is 30.0. The third kappa shape index (κ3) is 7.50. The van der Waals surface area contributed by atoms with E-state index in [1.165, 1.54) is 0 Å². The van der Waals surface area contributed by atoms with E-state index in [-0.39, 0.29) is 11.9 Å². The summed E-state index contributed by atoms with van der Waals surface area (Å²) in [5.74, 6) is 0.981. The van der Waals surface area contributed by atoms with Crippen molar-refractivity contribution in [3.05, 3.63) is 70.9 Å². The van der Waals surface area contributed by atoms with Gasteiger partial charge in [-0.2, -0.15) is 0 Å². The van der Waals surface area contributed by atoms with E-state index in [0.717, 1.165) is 59.1 Å². The molecule has 9 heteroatoms. The smallest absolute Gasteiger partial charge is 0.168 e. The van der Waals surface area contributed by atoms with Crippen LogP contribution in [-0.2, 0) is 0 Å². The fourth-order valence-electron chi connectivity index (χ4n) is 4.33. The van der Waals surface area contributed by atoms with Crippen LogP contribution in [0, 0.1) is 23.5 Å². The molecular weight excluding hydrogens is 496 g/mol.